The molecule has 1 rings (SSSR count). The maximum absolute atomic E-state index is 11.9. The first-order valence-electron chi connectivity index (χ1n) is 6.33. The number of amides is 1. The highest BCUT2D eigenvalue weighted by molar-refractivity contribution is 5.85. The standard InChI is InChI=1S/C13H26N2O2.ClH/c1-12(2,3)10(14)11(16)15-9-13(5-6-13)7-8-17-4;/h10H,5-9,14H2,1-4H3,(H,15,16);1H/t10-;/m1./s1. The molecule has 1 fully saturated rings. The summed E-state index contributed by atoms with van der Waals surface area (Å²) in [5.41, 5.74) is 6.00. The third kappa shape index (κ3) is 5.12. The first kappa shape index (κ1) is 17.7. The molecule has 0 spiro atoms. The van der Waals surface area contributed by atoms with Gasteiger partial charge in [0.2, 0.25) is 5.91 Å². The Labute approximate surface area is 116 Å². The molecule has 108 valence electrons. The van der Waals surface area contributed by atoms with Crippen LogP contribution in [-0.4, -0.2) is 32.2 Å². The van der Waals surface area contributed by atoms with Gasteiger partial charge in [-0.3, -0.25) is 4.79 Å². The molecule has 0 aromatic carbocycles. The van der Waals surface area contributed by atoms with Crippen molar-refractivity contribution in [2.45, 2.75) is 46.1 Å². The molecule has 5 heteroatoms. The Balaban J connectivity index is 0.00000289. The third-order valence-electron chi connectivity index (χ3n) is 3.65. The van der Waals surface area contributed by atoms with Crippen LogP contribution in [0.25, 0.3) is 0 Å². The highest BCUT2D eigenvalue weighted by atomic mass is 35.5. The topological polar surface area (TPSA) is 64.3 Å². The first-order chi connectivity index (χ1) is 7.81. The van der Waals surface area contributed by atoms with Gasteiger partial charge in [-0.1, -0.05) is 20.8 Å². The highest BCUT2D eigenvalue weighted by Crippen LogP contribution is 2.48. The summed E-state index contributed by atoms with van der Waals surface area (Å²) < 4.78 is 5.09. The summed E-state index contributed by atoms with van der Waals surface area (Å²) in [6.45, 7) is 7.44. The molecule has 1 aliphatic carbocycles. The number of carbonyl (C=O) groups is 1. The van der Waals surface area contributed by atoms with E-state index in [0.29, 0.717) is 0 Å². The lowest BCUT2D eigenvalue weighted by Crippen LogP contribution is -2.49. The Hall–Kier alpha value is -0.320. The third-order valence-corrected chi connectivity index (χ3v) is 3.65. The number of ether oxygens (including phenoxy) is 1. The van der Waals surface area contributed by atoms with Crippen LogP contribution < -0.4 is 11.1 Å². The number of hydrogen-bond donors (Lipinski definition) is 2. The summed E-state index contributed by atoms with van der Waals surface area (Å²) in [6.07, 6.45) is 3.39. The molecule has 0 unspecified atom stereocenters. The zero-order valence-corrected chi connectivity index (χ0v) is 12.7. The van der Waals surface area contributed by atoms with Crippen LogP contribution in [0.5, 0.6) is 0 Å². The van der Waals surface area contributed by atoms with Gasteiger partial charge in [-0.2, -0.15) is 0 Å². The van der Waals surface area contributed by atoms with Crippen LogP contribution in [0.15, 0.2) is 0 Å². The van der Waals surface area contributed by atoms with Crippen molar-refractivity contribution in [2.24, 2.45) is 16.6 Å². The van der Waals surface area contributed by atoms with Gasteiger partial charge in [0.15, 0.2) is 0 Å². The Kier molecular flexibility index (Phi) is 6.61. The fourth-order valence-electron chi connectivity index (χ4n) is 1.79. The van der Waals surface area contributed by atoms with Gasteiger partial charge in [-0.15, -0.1) is 12.4 Å². The van der Waals surface area contributed by atoms with E-state index < -0.39 is 6.04 Å². The first-order valence-corrected chi connectivity index (χ1v) is 6.33. The van der Waals surface area contributed by atoms with E-state index >= 15 is 0 Å². The lowest BCUT2D eigenvalue weighted by atomic mass is 9.87. The molecule has 1 atom stereocenters. The number of nitrogens with two attached hydrogens (primary N) is 1. The monoisotopic (exact) mass is 278 g/mol. The van der Waals surface area contributed by atoms with E-state index in [4.69, 9.17) is 10.5 Å². The van der Waals surface area contributed by atoms with Crippen LogP contribution >= 0.6 is 12.4 Å². The molecule has 1 saturated carbocycles. The number of hydrogen-bond acceptors (Lipinski definition) is 3. The van der Waals surface area contributed by atoms with Crippen molar-refractivity contribution in [1.29, 1.82) is 0 Å². The number of halogens is 1. The van der Waals surface area contributed by atoms with E-state index in [9.17, 15) is 4.79 Å². The number of rotatable bonds is 6. The van der Waals surface area contributed by atoms with Crippen LogP contribution in [0.1, 0.15) is 40.0 Å². The quantitative estimate of drug-likeness (QED) is 0.777. The zero-order valence-electron chi connectivity index (χ0n) is 11.9. The molecule has 0 bridgehead atoms. The van der Waals surface area contributed by atoms with Crippen LogP contribution in [-0.2, 0) is 9.53 Å². The van der Waals surface area contributed by atoms with Gasteiger partial charge in [0, 0.05) is 20.3 Å². The molecule has 0 aromatic rings. The van der Waals surface area contributed by atoms with Gasteiger partial charge in [0.25, 0.3) is 0 Å². The van der Waals surface area contributed by atoms with E-state index in [1.807, 2.05) is 20.8 Å². The molecule has 0 radical (unpaired) electrons. The van der Waals surface area contributed by atoms with E-state index in [1.54, 1.807) is 7.11 Å². The normalized spacial score (nSPS) is 18.7. The largest absolute Gasteiger partial charge is 0.385 e. The van der Waals surface area contributed by atoms with Crippen molar-refractivity contribution in [3.63, 3.8) is 0 Å². The second-order valence-electron chi connectivity index (χ2n) is 6.30. The Morgan fingerprint density at radius 2 is 2.00 bits per heavy atom. The molecule has 1 aliphatic rings. The maximum Gasteiger partial charge on any atom is 0.237 e. The van der Waals surface area contributed by atoms with Crippen LogP contribution in [0.2, 0.25) is 0 Å². The summed E-state index contributed by atoms with van der Waals surface area (Å²) >= 11 is 0. The second-order valence-corrected chi connectivity index (χ2v) is 6.30. The molecule has 0 heterocycles. The van der Waals surface area contributed by atoms with E-state index in [2.05, 4.69) is 5.32 Å². The maximum atomic E-state index is 11.9. The Morgan fingerprint density at radius 3 is 2.39 bits per heavy atom. The van der Waals surface area contributed by atoms with Crippen molar-refractivity contribution < 1.29 is 9.53 Å². The van der Waals surface area contributed by atoms with Gasteiger partial charge >= 0.3 is 0 Å². The molecular weight excluding hydrogens is 252 g/mol. The van der Waals surface area contributed by atoms with Crippen LogP contribution in [0, 0.1) is 10.8 Å². The fourth-order valence-corrected chi connectivity index (χ4v) is 1.79. The molecule has 18 heavy (non-hydrogen) atoms. The average molecular weight is 279 g/mol. The molecule has 1 amide bonds. The average Bonchev–Trinajstić information content (AvgIpc) is 3.01. The minimum atomic E-state index is -0.444. The van der Waals surface area contributed by atoms with Crippen LogP contribution in [0.3, 0.4) is 0 Å². The molecular formula is C13H27ClN2O2. The Morgan fingerprint density at radius 1 is 1.44 bits per heavy atom. The predicted octanol–water partition coefficient (Wildman–Crippen LogP) is 1.71. The minimum Gasteiger partial charge on any atom is -0.385 e. The van der Waals surface area contributed by atoms with Crippen molar-refractivity contribution >= 4 is 18.3 Å². The smallest absolute Gasteiger partial charge is 0.237 e. The lowest BCUT2D eigenvalue weighted by molar-refractivity contribution is -0.124. The van der Waals surface area contributed by atoms with Gasteiger partial charge in [-0.05, 0) is 30.1 Å². The molecule has 0 aliphatic heterocycles. The van der Waals surface area contributed by atoms with Crippen molar-refractivity contribution in [3.8, 4) is 0 Å². The summed E-state index contributed by atoms with van der Waals surface area (Å²) in [4.78, 5) is 11.9. The predicted molar refractivity (Wildman–Crippen MR) is 75.8 cm³/mol. The Bertz CT molecular complexity index is 273. The minimum absolute atomic E-state index is 0. The number of methoxy groups -OCH3 is 1. The van der Waals surface area contributed by atoms with Gasteiger partial charge < -0.3 is 15.8 Å². The summed E-state index contributed by atoms with van der Waals surface area (Å²) in [5.74, 6) is -0.0406. The van der Waals surface area contributed by atoms with Crippen LogP contribution in [0.4, 0.5) is 0 Å². The van der Waals surface area contributed by atoms with Crippen molar-refractivity contribution in [1.82, 2.24) is 5.32 Å². The van der Waals surface area contributed by atoms with E-state index in [-0.39, 0.29) is 29.1 Å². The number of nitrogens with one attached hydrogen (secondary N) is 1. The zero-order chi connectivity index (χ0) is 13.1. The SMILES string of the molecule is COCCC1(CNC(=O)[C@@H](N)C(C)(C)C)CC1.Cl. The summed E-state index contributed by atoms with van der Waals surface area (Å²) in [6, 6.07) is -0.444. The van der Waals surface area contributed by atoms with E-state index in [0.717, 1.165) is 19.6 Å². The van der Waals surface area contributed by atoms with Crippen molar-refractivity contribution in [2.75, 3.05) is 20.3 Å². The summed E-state index contributed by atoms with van der Waals surface area (Å²) in [5, 5.41) is 2.98. The van der Waals surface area contributed by atoms with Gasteiger partial charge in [0.05, 0.1) is 6.04 Å². The molecule has 4 nitrogen and oxygen atoms in total. The molecule has 3 N–H and O–H groups in total. The van der Waals surface area contributed by atoms with Gasteiger partial charge in [-0.25, -0.2) is 0 Å². The molecule has 0 aromatic heterocycles. The van der Waals surface area contributed by atoms with Crippen molar-refractivity contribution in [3.05, 3.63) is 0 Å². The highest BCUT2D eigenvalue weighted by Gasteiger charge is 2.42. The summed E-state index contributed by atoms with van der Waals surface area (Å²) in [7, 11) is 1.71. The lowest BCUT2D eigenvalue weighted by Gasteiger charge is -2.27. The second kappa shape index (κ2) is 6.73. The van der Waals surface area contributed by atoms with Gasteiger partial charge in [0.1, 0.15) is 0 Å². The number of carbonyl (C=O) groups excluding carboxylic acids is 1. The van der Waals surface area contributed by atoms with E-state index in [1.165, 1.54) is 12.8 Å². The molecule has 0 saturated heterocycles. The fraction of sp³-hybridized carbons (Fsp3) is 0.923.